The largest absolute Gasteiger partial charge is 0.383 e. The van der Waals surface area contributed by atoms with Crippen LogP contribution in [-0.2, 0) is 16.1 Å². The molecular weight excluding hydrogens is 402 g/mol. The summed E-state index contributed by atoms with van der Waals surface area (Å²) in [5, 5.41) is 0. The van der Waals surface area contributed by atoms with Crippen molar-refractivity contribution in [3.63, 3.8) is 0 Å². The standard InChI is InChI=1S/C26H39N3O3/c1-32-20-19-29-25(31)28(16-8-13-22-9-4-2-5-10-22)24(30)26(29)14-17-27(18-15-26)21-23-11-6-3-7-12-23/h3,6-7,11-12,22H,2,4-5,8-10,13-21H2,1H3. The van der Waals surface area contributed by atoms with Crippen LogP contribution in [0.1, 0.15) is 63.4 Å². The fourth-order valence-electron chi connectivity index (χ4n) is 5.89. The van der Waals surface area contributed by atoms with Crippen molar-refractivity contribution in [1.82, 2.24) is 14.7 Å². The van der Waals surface area contributed by atoms with E-state index in [1.54, 1.807) is 12.0 Å². The Morgan fingerprint density at radius 3 is 2.41 bits per heavy atom. The number of urea groups is 1. The SMILES string of the molecule is COCCN1C(=O)N(CCCC2CCCCC2)C(=O)C12CCN(Cc1ccccc1)CC2. The molecule has 2 heterocycles. The normalized spacial score (nSPS) is 22.3. The van der Waals surface area contributed by atoms with Crippen molar-refractivity contribution in [1.29, 1.82) is 0 Å². The zero-order chi connectivity index (χ0) is 22.4. The van der Waals surface area contributed by atoms with Gasteiger partial charge in [-0.05, 0) is 37.2 Å². The number of imide groups is 1. The third kappa shape index (κ3) is 5.01. The number of methoxy groups -OCH3 is 1. The van der Waals surface area contributed by atoms with Crippen LogP contribution in [-0.4, -0.2) is 72.1 Å². The summed E-state index contributed by atoms with van der Waals surface area (Å²) in [5.41, 5.74) is 0.603. The highest BCUT2D eigenvalue weighted by atomic mass is 16.5. The van der Waals surface area contributed by atoms with Crippen molar-refractivity contribution in [3.05, 3.63) is 35.9 Å². The van der Waals surface area contributed by atoms with E-state index < -0.39 is 5.54 Å². The fraction of sp³-hybridized carbons (Fsp3) is 0.692. The molecule has 2 aliphatic heterocycles. The Labute approximate surface area is 192 Å². The molecule has 3 amide bonds. The molecule has 4 rings (SSSR count). The predicted molar refractivity (Wildman–Crippen MR) is 125 cm³/mol. The number of benzene rings is 1. The maximum Gasteiger partial charge on any atom is 0.327 e. The molecule has 0 aromatic heterocycles. The van der Waals surface area contributed by atoms with Gasteiger partial charge in [0.05, 0.1) is 6.61 Å². The summed E-state index contributed by atoms with van der Waals surface area (Å²) < 4.78 is 5.28. The average molecular weight is 442 g/mol. The topological polar surface area (TPSA) is 53.1 Å². The molecule has 3 aliphatic rings. The Morgan fingerprint density at radius 2 is 1.72 bits per heavy atom. The highest BCUT2D eigenvalue weighted by Gasteiger charge is 2.57. The number of hydrogen-bond donors (Lipinski definition) is 0. The van der Waals surface area contributed by atoms with Crippen LogP contribution in [0.15, 0.2) is 30.3 Å². The van der Waals surface area contributed by atoms with Gasteiger partial charge < -0.3 is 9.64 Å². The number of piperidine rings is 1. The molecule has 32 heavy (non-hydrogen) atoms. The minimum Gasteiger partial charge on any atom is -0.383 e. The first kappa shape index (κ1) is 23.2. The summed E-state index contributed by atoms with van der Waals surface area (Å²) in [6.07, 6.45) is 10.1. The van der Waals surface area contributed by atoms with Crippen LogP contribution in [0.2, 0.25) is 0 Å². The van der Waals surface area contributed by atoms with Gasteiger partial charge in [0.15, 0.2) is 0 Å². The van der Waals surface area contributed by atoms with Gasteiger partial charge in [0, 0.05) is 39.8 Å². The van der Waals surface area contributed by atoms with Crippen molar-refractivity contribution >= 4 is 11.9 Å². The lowest BCUT2D eigenvalue weighted by Gasteiger charge is -2.42. The van der Waals surface area contributed by atoms with Gasteiger partial charge >= 0.3 is 6.03 Å². The first-order chi connectivity index (χ1) is 15.6. The molecule has 1 spiro atoms. The molecule has 176 valence electrons. The van der Waals surface area contributed by atoms with Crippen LogP contribution < -0.4 is 0 Å². The van der Waals surface area contributed by atoms with E-state index in [1.807, 2.05) is 11.0 Å². The van der Waals surface area contributed by atoms with E-state index in [0.717, 1.165) is 38.4 Å². The number of carbonyl (C=O) groups excluding carboxylic acids is 2. The maximum absolute atomic E-state index is 13.6. The van der Waals surface area contributed by atoms with Gasteiger partial charge in [0.1, 0.15) is 5.54 Å². The van der Waals surface area contributed by atoms with Crippen molar-refractivity contribution in [3.8, 4) is 0 Å². The third-order valence-electron chi connectivity index (χ3n) is 7.79. The summed E-state index contributed by atoms with van der Waals surface area (Å²) in [4.78, 5) is 32.7. The predicted octanol–water partition coefficient (Wildman–Crippen LogP) is 4.29. The lowest BCUT2D eigenvalue weighted by atomic mass is 9.85. The minimum absolute atomic E-state index is 0.0293. The van der Waals surface area contributed by atoms with E-state index in [2.05, 4.69) is 29.2 Å². The number of likely N-dealkylation sites (tertiary alicyclic amines) is 1. The number of carbonyl (C=O) groups is 2. The van der Waals surface area contributed by atoms with Crippen LogP contribution in [0.4, 0.5) is 4.79 Å². The highest BCUT2D eigenvalue weighted by molar-refractivity contribution is 6.07. The molecule has 1 aromatic carbocycles. The Balaban J connectivity index is 1.39. The molecule has 0 radical (unpaired) electrons. The highest BCUT2D eigenvalue weighted by Crippen LogP contribution is 2.38. The van der Waals surface area contributed by atoms with Gasteiger partial charge in [0.25, 0.3) is 5.91 Å². The molecule has 6 heteroatoms. The second kappa shape index (κ2) is 10.8. The lowest BCUT2D eigenvalue weighted by Crippen LogP contribution is -2.57. The van der Waals surface area contributed by atoms with Gasteiger partial charge in [-0.3, -0.25) is 14.6 Å². The van der Waals surface area contributed by atoms with Crippen LogP contribution in [0, 0.1) is 5.92 Å². The molecule has 1 aliphatic carbocycles. The van der Waals surface area contributed by atoms with E-state index in [0.29, 0.717) is 32.5 Å². The number of ether oxygens (including phenoxy) is 1. The van der Waals surface area contributed by atoms with Crippen molar-refractivity contribution in [2.75, 3.05) is 39.9 Å². The van der Waals surface area contributed by atoms with Gasteiger partial charge in [-0.1, -0.05) is 62.4 Å². The zero-order valence-corrected chi connectivity index (χ0v) is 19.6. The molecule has 1 aromatic rings. The van der Waals surface area contributed by atoms with E-state index in [1.165, 1.54) is 37.7 Å². The fourth-order valence-corrected chi connectivity index (χ4v) is 5.89. The van der Waals surface area contributed by atoms with E-state index in [9.17, 15) is 9.59 Å². The minimum atomic E-state index is -0.687. The average Bonchev–Trinajstić information content (AvgIpc) is 3.01. The van der Waals surface area contributed by atoms with Gasteiger partial charge in [-0.25, -0.2) is 4.79 Å². The monoisotopic (exact) mass is 441 g/mol. The van der Waals surface area contributed by atoms with E-state index >= 15 is 0 Å². The summed E-state index contributed by atoms with van der Waals surface area (Å²) in [6, 6.07) is 10.4. The summed E-state index contributed by atoms with van der Waals surface area (Å²) in [7, 11) is 1.65. The second-order valence-corrected chi connectivity index (χ2v) is 9.82. The number of rotatable bonds is 9. The molecule has 0 atom stereocenters. The molecule has 0 bridgehead atoms. The van der Waals surface area contributed by atoms with Crippen LogP contribution in [0.5, 0.6) is 0 Å². The molecule has 0 N–H and O–H groups in total. The number of amides is 3. The van der Waals surface area contributed by atoms with Gasteiger partial charge in [-0.2, -0.15) is 0 Å². The first-order valence-corrected chi connectivity index (χ1v) is 12.5. The van der Waals surface area contributed by atoms with Crippen molar-refractivity contribution in [2.45, 2.75) is 69.9 Å². The second-order valence-electron chi connectivity index (χ2n) is 9.82. The van der Waals surface area contributed by atoms with Gasteiger partial charge in [0.2, 0.25) is 0 Å². The Hall–Kier alpha value is -1.92. The number of nitrogens with zero attached hydrogens (tertiary/aromatic N) is 3. The van der Waals surface area contributed by atoms with E-state index in [4.69, 9.17) is 4.74 Å². The number of hydrogen-bond acceptors (Lipinski definition) is 4. The quantitative estimate of drug-likeness (QED) is 0.537. The molecule has 1 saturated carbocycles. The van der Waals surface area contributed by atoms with Crippen molar-refractivity contribution < 1.29 is 14.3 Å². The molecule has 3 fully saturated rings. The van der Waals surface area contributed by atoms with E-state index in [-0.39, 0.29) is 11.9 Å². The summed E-state index contributed by atoms with van der Waals surface area (Å²) in [6.45, 7) is 4.05. The lowest BCUT2D eigenvalue weighted by molar-refractivity contribution is -0.136. The van der Waals surface area contributed by atoms with Crippen LogP contribution in [0.3, 0.4) is 0 Å². The van der Waals surface area contributed by atoms with Crippen LogP contribution in [0.25, 0.3) is 0 Å². The zero-order valence-electron chi connectivity index (χ0n) is 19.6. The van der Waals surface area contributed by atoms with Crippen LogP contribution >= 0.6 is 0 Å². The molecular formula is C26H39N3O3. The summed E-state index contributed by atoms with van der Waals surface area (Å²) >= 11 is 0. The summed E-state index contributed by atoms with van der Waals surface area (Å²) in [5.74, 6) is 0.804. The maximum atomic E-state index is 13.6. The third-order valence-corrected chi connectivity index (χ3v) is 7.79. The Bertz CT molecular complexity index is 755. The van der Waals surface area contributed by atoms with Gasteiger partial charge in [-0.15, -0.1) is 0 Å². The smallest absolute Gasteiger partial charge is 0.327 e. The molecule has 0 unspecified atom stereocenters. The van der Waals surface area contributed by atoms with Crippen molar-refractivity contribution in [2.24, 2.45) is 5.92 Å². The molecule has 2 saturated heterocycles. The first-order valence-electron chi connectivity index (χ1n) is 12.5. The Morgan fingerprint density at radius 1 is 1.00 bits per heavy atom. The Kier molecular flexibility index (Phi) is 7.84. The molecule has 6 nitrogen and oxygen atoms in total.